The van der Waals surface area contributed by atoms with Gasteiger partial charge >= 0.3 is 0 Å². The largest absolute Gasteiger partial charge is 0.468 e. The molecule has 0 fully saturated rings. The van der Waals surface area contributed by atoms with Gasteiger partial charge in [-0.25, -0.2) is 4.98 Å². The predicted molar refractivity (Wildman–Crippen MR) is 63.8 cm³/mol. The van der Waals surface area contributed by atoms with Gasteiger partial charge in [-0.1, -0.05) is 0 Å². The molecule has 0 radical (unpaired) electrons. The zero-order valence-corrected chi connectivity index (χ0v) is 10.6. The number of hydrogen-bond donors (Lipinski definition) is 1. The van der Waals surface area contributed by atoms with Crippen LogP contribution in [-0.4, -0.2) is 4.98 Å². The van der Waals surface area contributed by atoms with E-state index in [1.165, 1.54) is 0 Å². The molecule has 2 rings (SSSR count). The summed E-state index contributed by atoms with van der Waals surface area (Å²) in [5.74, 6) is 0.942. The monoisotopic (exact) mass is 286 g/mol. The second-order valence-corrected chi connectivity index (χ2v) is 5.63. The molecule has 0 saturated carbocycles. The summed E-state index contributed by atoms with van der Waals surface area (Å²) in [6, 6.07) is 4.09. The molecular weight excluding hydrogens is 276 g/mol. The summed E-state index contributed by atoms with van der Waals surface area (Å²) in [4.78, 5) is 4.29. The van der Waals surface area contributed by atoms with Crippen molar-refractivity contribution in [1.29, 1.82) is 0 Å². The van der Waals surface area contributed by atoms with Gasteiger partial charge in [-0.2, -0.15) is 0 Å². The van der Waals surface area contributed by atoms with E-state index < -0.39 is 0 Å². The van der Waals surface area contributed by atoms with Crippen LogP contribution in [0.2, 0.25) is 0 Å². The second kappa shape index (κ2) is 4.92. The summed E-state index contributed by atoms with van der Waals surface area (Å²) >= 11 is 5.05. The molecule has 2 heterocycles. The standard InChI is InChI=1S/C10H11BrN2OS/c1-7(10-13-6-9(11)15-10)12-5-8-3-2-4-14-8/h2-4,6-7,12H,5H2,1H3. The van der Waals surface area contributed by atoms with E-state index in [1.807, 2.05) is 18.3 Å². The first-order valence-electron chi connectivity index (χ1n) is 4.62. The average Bonchev–Trinajstić information content (AvgIpc) is 2.84. The highest BCUT2D eigenvalue weighted by molar-refractivity contribution is 9.11. The van der Waals surface area contributed by atoms with Gasteiger partial charge in [0.25, 0.3) is 0 Å². The molecule has 0 bridgehead atoms. The number of halogens is 1. The molecule has 0 aliphatic carbocycles. The van der Waals surface area contributed by atoms with Crippen molar-refractivity contribution in [3.63, 3.8) is 0 Å². The molecule has 0 saturated heterocycles. The lowest BCUT2D eigenvalue weighted by molar-refractivity contribution is 0.460. The Morgan fingerprint density at radius 1 is 1.67 bits per heavy atom. The lowest BCUT2D eigenvalue weighted by Crippen LogP contribution is -2.17. The third kappa shape index (κ3) is 2.90. The molecule has 1 N–H and O–H groups in total. The maximum atomic E-state index is 5.24. The van der Waals surface area contributed by atoms with Crippen LogP contribution in [0.4, 0.5) is 0 Å². The molecule has 0 aromatic carbocycles. The summed E-state index contributed by atoms with van der Waals surface area (Å²) in [5, 5.41) is 4.43. The highest BCUT2D eigenvalue weighted by Gasteiger charge is 2.09. The number of aromatic nitrogens is 1. The minimum atomic E-state index is 0.242. The molecule has 15 heavy (non-hydrogen) atoms. The van der Waals surface area contributed by atoms with E-state index in [1.54, 1.807) is 17.6 Å². The Bertz CT molecular complexity index is 413. The Kier molecular flexibility index (Phi) is 3.56. The average molecular weight is 287 g/mol. The zero-order valence-electron chi connectivity index (χ0n) is 8.24. The number of thiazole rings is 1. The second-order valence-electron chi connectivity index (χ2n) is 3.18. The molecule has 3 nitrogen and oxygen atoms in total. The minimum Gasteiger partial charge on any atom is -0.468 e. The first-order valence-corrected chi connectivity index (χ1v) is 6.23. The first-order chi connectivity index (χ1) is 7.25. The summed E-state index contributed by atoms with van der Waals surface area (Å²) in [7, 11) is 0. The van der Waals surface area contributed by atoms with E-state index >= 15 is 0 Å². The van der Waals surface area contributed by atoms with Gasteiger partial charge in [0.05, 0.1) is 28.8 Å². The highest BCUT2D eigenvalue weighted by atomic mass is 79.9. The van der Waals surface area contributed by atoms with Gasteiger partial charge in [0, 0.05) is 0 Å². The van der Waals surface area contributed by atoms with Crippen LogP contribution in [0.3, 0.4) is 0 Å². The maximum absolute atomic E-state index is 5.24. The van der Waals surface area contributed by atoms with Crippen molar-refractivity contribution < 1.29 is 4.42 Å². The van der Waals surface area contributed by atoms with Crippen molar-refractivity contribution in [3.8, 4) is 0 Å². The lowest BCUT2D eigenvalue weighted by atomic mass is 10.3. The topological polar surface area (TPSA) is 38.1 Å². The molecule has 5 heteroatoms. The molecule has 0 spiro atoms. The zero-order chi connectivity index (χ0) is 10.7. The quantitative estimate of drug-likeness (QED) is 0.937. The third-order valence-corrected chi connectivity index (χ3v) is 3.69. The van der Waals surface area contributed by atoms with Crippen LogP contribution >= 0.6 is 27.3 Å². The fraction of sp³-hybridized carbons (Fsp3) is 0.300. The summed E-state index contributed by atoms with van der Waals surface area (Å²) in [6.45, 7) is 2.82. The van der Waals surface area contributed by atoms with E-state index in [0.717, 1.165) is 21.1 Å². The highest BCUT2D eigenvalue weighted by Crippen LogP contribution is 2.24. The van der Waals surface area contributed by atoms with Crippen LogP contribution in [0.15, 0.2) is 32.8 Å². The van der Waals surface area contributed by atoms with Crippen LogP contribution < -0.4 is 5.32 Å². The van der Waals surface area contributed by atoms with Crippen LogP contribution in [0.25, 0.3) is 0 Å². The van der Waals surface area contributed by atoms with E-state index in [9.17, 15) is 0 Å². The van der Waals surface area contributed by atoms with Crippen molar-refractivity contribution in [2.75, 3.05) is 0 Å². The molecule has 80 valence electrons. The smallest absolute Gasteiger partial charge is 0.117 e. The van der Waals surface area contributed by atoms with Gasteiger partial charge in [0.1, 0.15) is 10.8 Å². The van der Waals surface area contributed by atoms with E-state index in [-0.39, 0.29) is 6.04 Å². The van der Waals surface area contributed by atoms with Crippen LogP contribution in [0.1, 0.15) is 23.7 Å². The van der Waals surface area contributed by atoms with Crippen molar-refractivity contribution >= 4 is 27.3 Å². The summed E-state index contributed by atoms with van der Waals surface area (Å²) in [6.07, 6.45) is 3.51. The SMILES string of the molecule is CC(NCc1ccco1)c1ncc(Br)s1. The minimum absolute atomic E-state index is 0.242. The van der Waals surface area contributed by atoms with Gasteiger partial charge in [0.2, 0.25) is 0 Å². The fourth-order valence-electron chi connectivity index (χ4n) is 1.22. The molecular formula is C10H11BrN2OS. The third-order valence-electron chi connectivity index (χ3n) is 2.03. The van der Waals surface area contributed by atoms with Crippen molar-refractivity contribution in [3.05, 3.63) is 39.1 Å². The van der Waals surface area contributed by atoms with E-state index in [2.05, 4.69) is 33.2 Å². The Balaban J connectivity index is 1.90. The normalized spacial score (nSPS) is 12.9. The Morgan fingerprint density at radius 3 is 3.13 bits per heavy atom. The molecule has 2 aromatic rings. The van der Waals surface area contributed by atoms with Crippen LogP contribution in [-0.2, 0) is 6.54 Å². The van der Waals surface area contributed by atoms with E-state index in [0.29, 0.717) is 0 Å². The molecule has 2 aromatic heterocycles. The molecule has 0 aliphatic rings. The Labute approximate surface area is 101 Å². The predicted octanol–water partition coefficient (Wildman–Crippen LogP) is 3.35. The number of nitrogens with one attached hydrogen (secondary N) is 1. The van der Waals surface area contributed by atoms with Gasteiger partial charge in [-0.15, -0.1) is 11.3 Å². The molecule has 1 atom stereocenters. The first kappa shape index (κ1) is 10.9. The fourth-order valence-corrected chi connectivity index (χ4v) is 2.49. The molecule has 0 amide bonds. The maximum Gasteiger partial charge on any atom is 0.117 e. The van der Waals surface area contributed by atoms with Crippen molar-refractivity contribution in [1.82, 2.24) is 10.3 Å². The van der Waals surface area contributed by atoms with Gasteiger partial charge in [-0.05, 0) is 35.0 Å². The van der Waals surface area contributed by atoms with E-state index in [4.69, 9.17) is 4.42 Å². The molecule has 1 unspecified atom stereocenters. The van der Waals surface area contributed by atoms with Crippen LogP contribution in [0, 0.1) is 0 Å². The van der Waals surface area contributed by atoms with Gasteiger partial charge in [0.15, 0.2) is 0 Å². The Hall–Kier alpha value is -0.650. The number of nitrogens with zero attached hydrogens (tertiary/aromatic N) is 1. The van der Waals surface area contributed by atoms with Crippen LogP contribution in [0.5, 0.6) is 0 Å². The van der Waals surface area contributed by atoms with Crippen molar-refractivity contribution in [2.24, 2.45) is 0 Å². The molecule has 0 aliphatic heterocycles. The Morgan fingerprint density at radius 2 is 2.53 bits per heavy atom. The lowest BCUT2D eigenvalue weighted by Gasteiger charge is -2.08. The number of furan rings is 1. The van der Waals surface area contributed by atoms with Gasteiger partial charge in [-0.3, -0.25) is 0 Å². The number of rotatable bonds is 4. The summed E-state index contributed by atoms with van der Waals surface area (Å²) < 4.78 is 6.30. The summed E-state index contributed by atoms with van der Waals surface area (Å²) in [5.41, 5.74) is 0. The van der Waals surface area contributed by atoms with Gasteiger partial charge < -0.3 is 9.73 Å². The number of hydrogen-bond acceptors (Lipinski definition) is 4. The van der Waals surface area contributed by atoms with Crippen molar-refractivity contribution in [2.45, 2.75) is 19.5 Å².